The zero-order valence-corrected chi connectivity index (χ0v) is 17.5. The molecular weight excluding hydrogens is 370 g/mol. The maximum absolute atomic E-state index is 5.40. The molecule has 8 heteroatoms. The molecule has 0 aliphatic heterocycles. The van der Waals surface area contributed by atoms with Gasteiger partial charge in [-0.05, 0) is 43.3 Å². The fraction of sp³-hybridized carbons (Fsp3) is 0.286. The summed E-state index contributed by atoms with van der Waals surface area (Å²) in [6, 6.07) is 11.7. The first-order valence-electron chi connectivity index (χ1n) is 9.02. The highest BCUT2D eigenvalue weighted by Gasteiger charge is 2.14. The first-order chi connectivity index (χ1) is 14.0. The zero-order valence-electron chi connectivity index (χ0n) is 17.5. The Kier molecular flexibility index (Phi) is 6.01. The quantitative estimate of drug-likeness (QED) is 0.572. The third-order valence-corrected chi connectivity index (χ3v) is 4.45. The van der Waals surface area contributed by atoms with E-state index in [9.17, 15) is 0 Å². The van der Waals surface area contributed by atoms with Crippen LogP contribution in [0.15, 0.2) is 41.5 Å². The lowest BCUT2D eigenvalue weighted by Gasteiger charge is -2.13. The van der Waals surface area contributed by atoms with Gasteiger partial charge in [0, 0.05) is 30.9 Å². The SMILES string of the molecule is COc1cc(/C=N\n2c(C)nnc2-c2ccc(N(C)C)cc2)cc(OC)c1OC. The van der Waals surface area contributed by atoms with Crippen molar-refractivity contribution in [3.8, 4) is 28.6 Å². The van der Waals surface area contributed by atoms with E-state index in [0.717, 1.165) is 16.8 Å². The van der Waals surface area contributed by atoms with Crippen molar-refractivity contribution >= 4 is 11.9 Å². The average Bonchev–Trinajstić information content (AvgIpc) is 3.11. The predicted molar refractivity (Wildman–Crippen MR) is 114 cm³/mol. The number of hydrogen-bond acceptors (Lipinski definition) is 7. The van der Waals surface area contributed by atoms with E-state index in [2.05, 4.69) is 15.3 Å². The summed E-state index contributed by atoms with van der Waals surface area (Å²) < 4.78 is 17.9. The van der Waals surface area contributed by atoms with Crippen LogP contribution in [0.1, 0.15) is 11.4 Å². The summed E-state index contributed by atoms with van der Waals surface area (Å²) in [7, 11) is 8.74. The normalized spacial score (nSPS) is 11.0. The minimum atomic E-state index is 0.536. The number of aromatic nitrogens is 3. The summed E-state index contributed by atoms with van der Waals surface area (Å²) >= 11 is 0. The maximum Gasteiger partial charge on any atom is 0.203 e. The third-order valence-electron chi connectivity index (χ3n) is 4.45. The predicted octanol–water partition coefficient (Wildman–Crippen LogP) is 3.23. The molecule has 0 fully saturated rings. The van der Waals surface area contributed by atoms with Crippen molar-refractivity contribution in [2.45, 2.75) is 6.92 Å². The van der Waals surface area contributed by atoms with Gasteiger partial charge in [-0.3, -0.25) is 0 Å². The van der Waals surface area contributed by atoms with Crippen LogP contribution in [-0.2, 0) is 0 Å². The lowest BCUT2D eigenvalue weighted by Crippen LogP contribution is -2.08. The van der Waals surface area contributed by atoms with Gasteiger partial charge in [0.2, 0.25) is 5.75 Å². The van der Waals surface area contributed by atoms with Crippen LogP contribution in [0.3, 0.4) is 0 Å². The molecule has 29 heavy (non-hydrogen) atoms. The number of anilines is 1. The van der Waals surface area contributed by atoms with Gasteiger partial charge in [-0.2, -0.15) is 9.78 Å². The molecule has 8 nitrogen and oxygen atoms in total. The van der Waals surface area contributed by atoms with E-state index >= 15 is 0 Å². The Morgan fingerprint density at radius 3 is 2.07 bits per heavy atom. The Bertz CT molecular complexity index is 985. The summed E-state index contributed by atoms with van der Waals surface area (Å²) in [6.45, 7) is 1.86. The van der Waals surface area contributed by atoms with Gasteiger partial charge in [0.25, 0.3) is 0 Å². The van der Waals surface area contributed by atoms with Crippen molar-refractivity contribution in [3.05, 3.63) is 47.8 Å². The van der Waals surface area contributed by atoms with Gasteiger partial charge in [0.05, 0.1) is 27.5 Å². The molecule has 0 aliphatic carbocycles. The molecule has 0 bridgehead atoms. The maximum atomic E-state index is 5.40. The Labute approximate surface area is 170 Å². The molecule has 0 saturated heterocycles. The van der Waals surface area contributed by atoms with Gasteiger partial charge in [0.15, 0.2) is 23.1 Å². The molecular formula is C21H25N5O3. The van der Waals surface area contributed by atoms with Crippen molar-refractivity contribution in [1.29, 1.82) is 0 Å². The second kappa shape index (κ2) is 8.64. The minimum absolute atomic E-state index is 0.536. The number of hydrogen-bond donors (Lipinski definition) is 0. The van der Waals surface area contributed by atoms with Gasteiger partial charge in [0.1, 0.15) is 0 Å². The van der Waals surface area contributed by atoms with Crippen molar-refractivity contribution in [3.63, 3.8) is 0 Å². The van der Waals surface area contributed by atoms with Crippen molar-refractivity contribution < 1.29 is 14.2 Å². The second-order valence-corrected chi connectivity index (χ2v) is 6.53. The highest BCUT2D eigenvalue weighted by Crippen LogP contribution is 2.37. The van der Waals surface area contributed by atoms with Crippen LogP contribution in [0.25, 0.3) is 11.4 Å². The molecule has 0 N–H and O–H groups in total. The van der Waals surface area contributed by atoms with E-state index in [1.807, 2.05) is 62.3 Å². The Morgan fingerprint density at radius 1 is 0.931 bits per heavy atom. The molecule has 1 aromatic heterocycles. The average molecular weight is 395 g/mol. The Morgan fingerprint density at radius 2 is 1.55 bits per heavy atom. The van der Waals surface area contributed by atoms with Crippen molar-refractivity contribution in [2.24, 2.45) is 5.10 Å². The number of nitrogens with zero attached hydrogens (tertiary/aromatic N) is 5. The van der Waals surface area contributed by atoms with Crippen molar-refractivity contribution in [2.75, 3.05) is 40.3 Å². The molecule has 3 rings (SSSR count). The van der Waals surface area contributed by atoms with E-state index in [0.29, 0.717) is 28.9 Å². The molecule has 0 amide bonds. The fourth-order valence-electron chi connectivity index (χ4n) is 2.88. The standard InChI is InChI=1S/C21H25N5O3/c1-14-23-24-21(16-7-9-17(10-8-16)25(2)3)26(14)22-13-15-11-18(27-4)20(29-6)19(12-15)28-5/h7-13H,1-6H3/b22-13-. The smallest absolute Gasteiger partial charge is 0.203 e. The lowest BCUT2D eigenvalue weighted by molar-refractivity contribution is 0.324. The number of ether oxygens (including phenoxy) is 3. The summed E-state index contributed by atoms with van der Waals surface area (Å²) in [5.41, 5.74) is 2.83. The molecule has 0 unspecified atom stereocenters. The van der Waals surface area contributed by atoms with Crippen LogP contribution in [0.5, 0.6) is 17.2 Å². The number of methoxy groups -OCH3 is 3. The number of rotatable bonds is 7. The summed E-state index contributed by atoms with van der Waals surface area (Å²) in [4.78, 5) is 2.04. The molecule has 0 radical (unpaired) electrons. The van der Waals surface area contributed by atoms with Gasteiger partial charge >= 0.3 is 0 Å². The first-order valence-corrected chi connectivity index (χ1v) is 9.02. The molecule has 0 spiro atoms. The molecule has 2 aromatic carbocycles. The molecule has 0 aliphatic rings. The number of aryl methyl sites for hydroxylation is 1. The summed E-state index contributed by atoms with van der Waals surface area (Å²) in [6.07, 6.45) is 1.71. The lowest BCUT2D eigenvalue weighted by atomic mass is 10.2. The van der Waals surface area contributed by atoms with Crippen molar-refractivity contribution in [1.82, 2.24) is 14.9 Å². The van der Waals surface area contributed by atoms with Gasteiger partial charge < -0.3 is 19.1 Å². The van der Waals surface area contributed by atoms with Crippen LogP contribution in [0.2, 0.25) is 0 Å². The molecule has 152 valence electrons. The van der Waals surface area contributed by atoms with Gasteiger partial charge in [-0.15, -0.1) is 10.2 Å². The number of benzene rings is 2. The Balaban J connectivity index is 1.97. The zero-order chi connectivity index (χ0) is 21.0. The summed E-state index contributed by atoms with van der Waals surface area (Å²) in [5.74, 6) is 3.01. The van der Waals surface area contributed by atoms with Gasteiger partial charge in [-0.25, -0.2) is 0 Å². The van der Waals surface area contributed by atoms with Crippen LogP contribution in [-0.4, -0.2) is 56.5 Å². The highest BCUT2D eigenvalue weighted by atomic mass is 16.5. The summed E-state index contributed by atoms with van der Waals surface area (Å²) in [5, 5.41) is 13.0. The minimum Gasteiger partial charge on any atom is -0.493 e. The van der Waals surface area contributed by atoms with Crippen LogP contribution in [0, 0.1) is 6.92 Å². The second-order valence-electron chi connectivity index (χ2n) is 6.53. The Hall–Kier alpha value is -3.55. The first kappa shape index (κ1) is 20.2. The third kappa shape index (κ3) is 4.16. The fourth-order valence-corrected chi connectivity index (χ4v) is 2.88. The molecule has 1 heterocycles. The van der Waals surface area contributed by atoms with Crippen LogP contribution >= 0.6 is 0 Å². The molecule has 0 saturated carbocycles. The highest BCUT2D eigenvalue weighted by molar-refractivity contribution is 5.82. The van der Waals surface area contributed by atoms with E-state index < -0.39 is 0 Å². The largest absolute Gasteiger partial charge is 0.493 e. The topological polar surface area (TPSA) is 74.0 Å². The van der Waals surface area contributed by atoms with E-state index in [4.69, 9.17) is 14.2 Å². The van der Waals surface area contributed by atoms with Crippen LogP contribution in [0.4, 0.5) is 5.69 Å². The van der Waals surface area contributed by atoms with Gasteiger partial charge in [-0.1, -0.05) is 0 Å². The van der Waals surface area contributed by atoms with E-state index in [1.54, 1.807) is 32.2 Å². The van der Waals surface area contributed by atoms with E-state index in [1.165, 1.54) is 0 Å². The molecule has 0 atom stereocenters. The van der Waals surface area contributed by atoms with E-state index in [-0.39, 0.29) is 0 Å². The van der Waals surface area contributed by atoms with Crippen LogP contribution < -0.4 is 19.1 Å². The monoisotopic (exact) mass is 395 g/mol. The molecule has 3 aromatic rings.